The van der Waals surface area contributed by atoms with E-state index in [1.165, 1.54) is 24.5 Å². The van der Waals surface area contributed by atoms with Crippen LogP contribution in [0.5, 0.6) is 0 Å². The van der Waals surface area contributed by atoms with Crippen LogP contribution >= 0.6 is 0 Å². The number of rotatable bonds is 3. The maximum absolute atomic E-state index is 11.9. The predicted molar refractivity (Wildman–Crippen MR) is 65.5 cm³/mol. The van der Waals surface area contributed by atoms with Crippen molar-refractivity contribution in [1.29, 1.82) is 0 Å². The Labute approximate surface area is 105 Å². The van der Waals surface area contributed by atoms with Crippen molar-refractivity contribution in [3.8, 4) is 0 Å². The Morgan fingerprint density at radius 1 is 1.28 bits per heavy atom. The fraction of sp³-hybridized carbons (Fsp3) is 0.154. The Bertz CT molecular complexity index is 526. The summed E-state index contributed by atoms with van der Waals surface area (Å²) in [6.45, 7) is 1.89. The van der Waals surface area contributed by atoms with Gasteiger partial charge in [0.2, 0.25) is 0 Å². The molecule has 0 fully saturated rings. The van der Waals surface area contributed by atoms with Gasteiger partial charge in [-0.2, -0.15) is 4.73 Å². The van der Waals surface area contributed by atoms with Crippen molar-refractivity contribution in [2.75, 3.05) is 0 Å². The minimum Gasteiger partial charge on any atom is -0.619 e. The lowest BCUT2D eigenvalue weighted by Crippen LogP contribution is -2.29. The summed E-state index contributed by atoms with van der Waals surface area (Å²) in [6.07, 6.45) is 5.96. The third kappa shape index (κ3) is 2.82. The van der Waals surface area contributed by atoms with Crippen LogP contribution in [0.1, 0.15) is 28.9 Å². The van der Waals surface area contributed by atoms with Gasteiger partial charge in [-0.05, 0) is 24.6 Å². The Hall–Kier alpha value is -2.43. The van der Waals surface area contributed by atoms with Gasteiger partial charge in [0.15, 0.2) is 12.4 Å². The summed E-state index contributed by atoms with van der Waals surface area (Å²) in [6, 6.07) is 6.56. The van der Waals surface area contributed by atoms with Gasteiger partial charge in [-0.3, -0.25) is 9.78 Å². The molecular weight excluding hydrogens is 230 g/mol. The molecule has 0 aliphatic heterocycles. The van der Waals surface area contributed by atoms with Crippen LogP contribution in [0.3, 0.4) is 0 Å². The second kappa shape index (κ2) is 5.27. The van der Waals surface area contributed by atoms with Gasteiger partial charge >= 0.3 is 0 Å². The molecule has 2 aromatic heterocycles. The van der Waals surface area contributed by atoms with Gasteiger partial charge in [-0.25, -0.2) is 0 Å². The molecule has 1 atom stereocenters. The lowest BCUT2D eigenvalue weighted by Gasteiger charge is -2.13. The standard InChI is InChI=1S/C13H13N3O2/c1-10(11-2-6-14-7-3-11)15-13(17)12-4-8-16(18)9-5-12/h2-10H,1H3,(H,15,17). The van der Waals surface area contributed by atoms with Crippen LogP contribution in [0.25, 0.3) is 0 Å². The van der Waals surface area contributed by atoms with Crippen LogP contribution in [0.4, 0.5) is 0 Å². The average molecular weight is 243 g/mol. The number of amides is 1. The van der Waals surface area contributed by atoms with Crippen molar-refractivity contribution in [2.45, 2.75) is 13.0 Å². The van der Waals surface area contributed by atoms with E-state index in [9.17, 15) is 10.0 Å². The fourth-order valence-corrected chi connectivity index (χ4v) is 1.58. The molecule has 0 aliphatic rings. The van der Waals surface area contributed by atoms with E-state index < -0.39 is 0 Å². The maximum atomic E-state index is 11.9. The molecule has 0 bridgehead atoms. The zero-order chi connectivity index (χ0) is 13.0. The van der Waals surface area contributed by atoms with Gasteiger partial charge in [0.05, 0.1) is 11.6 Å². The third-order valence-corrected chi connectivity index (χ3v) is 2.62. The van der Waals surface area contributed by atoms with Gasteiger partial charge in [0.1, 0.15) is 0 Å². The van der Waals surface area contributed by atoms with Crippen LogP contribution < -0.4 is 10.0 Å². The lowest BCUT2D eigenvalue weighted by molar-refractivity contribution is -0.605. The summed E-state index contributed by atoms with van der Waals surface area (Å²) in [5.41, 5.74) is 1.44. The van der Waals surface area contributed by atoms with Crippen LogP contribution in [-0.4, -0.2) is 10.9 Å². The first kappa shape index (κ1) is 12.0. The Morgan fingerprint density at radius 3 is 2.50 bits per heavy atom. The molecule has 18 heavy (non-hydrogen) atoms. The molecule has 0 spiro atoms. The van der Waals surface area contributed by atoms with Gasteiger partial charge in [0, 0.05) is 24.5 Å². The van der Waals surface area contributed by atoms with Crippen molar-refractivity contribution in [2.24, 2.45) is 0 Å². The molecule has 1 N–H and O–H groups in total. The average Bonchev–Trinajstić information content (AvgIpc) is 2.40. The summed E-state index contributed by atoms with van der Waals surface area (Å²) in [4.78, 5) is 15.8. The van der Waals surface area contributed by atoms with Crippen molar-refractivity contribution < 1.29 is 9.52 Å². The number of nitrogens with zero attached hydrogens (tertiary/aromatic N) is 2. The molecular formula is C13H13N3O2. The maximum Gasteiger partial charge on any atom is 0.252 e. The molecule has 0 aromatic carbocycles. The molecule has 1 unspecified atom stereocenters. The van der Waals surface area contributed by atoms with E-state index >= 15 is 0 Å². The topological polar surface area (TPSA) is 68.9 Å². The van der Waals surface area contributed by atoms with E-state index in [1.807, 2.05) is 19.1 Å². The Balaban J connectivity index is 2.06. The molecule has 0 aliphatic carbocycles. The summed E-state index contributed by atoms with van der Waals surface area (Å²) >= 11 is 0. The van der Waals surface area contributed by atoms with E-state index in [0.29, 0.717) is 10.3 Å². The molecule has 2 aromatic rings. The SMILES string of the molecule is CC(NC(=O)c1cc[n+]([O-])cc1)c1ccncc1. The largest absolute Gasteiger partial charge is 0.619 e. The Kier molecular flexibility index (Phi) is 3.52. The van der Waals surface area contributed by atoms with E-state index in [0.717, 1.165) is 5.56 Å². The number of carbonyl (C=O) groups is 1. The molecule has 0 saturated heterocycles. The van der Waals surface area contributed by atoms with Crippen molar-refractivity contribution in [1.82, 2.24) is 10.3 Å². The summed E-state index contributed by atoms with van der Waals surface area (Å²) in [5, 5.41) is 13.7. The summed E-state index contributed by atoms with van der Waals surface area (Å²) in [7, 11) is 0. The predicted octanol–water partition coefficient (Wildman–Crippen LogP) is 1.21. The van der Waals surface area contributed by atoms with Crippen LogP contribution in [-0.2, 0) is 0 Å². The number of pyridine rings is 2. The third-order valence-electron chi connectivity index (χ3n) is 2.62. The van der Waals surface area contributed by atoms with E-state index in [2.05, 4.69) is 10.3 Å². The van der Waals surface area contributed by atoms with Gasteiger partial charge in [0.25, 0.3) is 5.91 Å². The lowest BCUT2D eigenvalue weighted by atomic mass is 10.1. The fourth-order valence-electron chi connectivity index (χ4n) is 1.58. The first-order valence-electron chi connectivity index (χ1n) is 5.56. The highest BCUT2D eigenvalue weighted by molar-refractivity contribution is 5.94. The number of hydrogen-bond donors (Lipinski definition) is 1. The summed E-state index contributed by atoms with van der Waals surface area (Å²) in [5.74, 6) is -0.208. The molecule has 92 valence electrons. The van der Waals surface area contributed by atoms with Crippen LogP contribution in [0.15, 0.2) is 49.1 Å². The number of carbonyl (C=O) groups excluding carboxylic acids is 1. The van der Waals surface area contributed by atoms with Gasteiger partial charge in [-0.15, -0.1) is 0 Å². The second-order valence-electron chi connectivity index (χ2n) is 3.92. The van der Waals surface area contributed by atoms with Gasteiger partial charge < -0.3 is 10.5 Å². The van der Waals surface area contributed by atoms with Crippen LogP contribution in [0, 0.1) is 5.21 Å². The molecule has 2 rings (SSSR count). The van der Waals surface area contributed by atoms with Crippen molar-refractivity contribution >= 4 is 5.91 Å². The molecule has 2 heterocycles. The zero-order valence-electron chi connectivity index (χ0n) is 9.91. The van der Waals surface area contributed by atoms with Gasteiger partial charge in [-0.1, -0.05) is 0 Å². The first-order chi connectivity index (χ1) is 8.66. The van der Waals surface area contributed by atoms with Crippen molar-refractivity contribution in [3.63, 3.8) is 0 Å². The Morgan fingerprint density at radius 2 is 1.89 bits per heavy atom. The molecule has 5 heteroatoms. The minimum absolute atomic E-state index is 0.111. The molecule has 0 radical (unpaired) electrons. The second-order valence-corrected chi connectivity index (χ2v) is 3.92. The quantitative estimate of drug-likeness (QED) is 0.650. The highest BCUT2D eigenvalue weighted by Gasteiger charge is 2.11. The van der Waals surface area contributed by atoms with E-state index in [4.69, 9.17) is 0 Å². The molecule has 0 saturated carbocycles. The first-order valence-corrected chi connectivity index (χ1v) is 5.56. The normalized spacial score (nSPS) is 11.8. The highest BCUT2D eigenvalue weighted by Crippen LogP contribution is 2.11. The number of aromatic nitrogens is 2. The van der Waals surface area contributed by atoms with Crippen LogP contribution in [0.2, 0.25) is 0 Å². The molecule has 5 nitrogen and oxygen atoms in total. The number of nitrogens with one attached hydrogen (secondary N) is 1. The summed E-state index contributed by atoms with van der Waals surface area (Å²) < 4.78 is 0.642. The minimum atomic E-state index is -0.208. The number of hydrogen-bond acceptors (Lipinski definition) is 3. The van der Waals surface area contributed by atoms with E-state index in [-0.39, 0.29) is 11.9 Å². The smallest absolute Gasteiger partial charge is 0.252 e. The van der Waals surface area contributed by atoms with Crippen molar-refractivity contribution in [3.05, 3.63) is 65.4 Å². The monoisotopic (exact) mass is 243 g/mol. The zero-order valence-corrected chi connectivity index (χ0v) is 9.91. The van der Waals surface area contributed by atoms with E-state index in [1.54, 1.807) is 12.4 Å². The highest BCUT2D eigenvalue weighted by atomic mass is 16.5. The molecule has 1 amide bonds.